The van der Waals surface area contributed by atoms with Gasteiger partial charge in [0.25, 0.3) is 0 Å². The van der Waals surface area contributed by atoms with Crippen LogP contribution in [0.1, 0.15) is 5.56 Å². The van der Waals surface area contributed by atoms with Crippen molar-refractivity contribution < 1.29 is 14.3 Å². The molecule has 140 valence electrons. The number of hydrogen-bond acceptors (Lipinski definition) is 4. The fourth-order valence-electron chi connectivity index (χ4n) is 2.18. The van der Waals surface area contributed by atoms with E-state index in [-0.39, 0.29) is 0 Å². The molecule has 0 fully saturated rings. The predicted molar refractivity (Wildman–Crippen MR) is 109 cm³/mol. The first kappa shape index (κ1) is 19.1. The van der Waals surface area contributed by atoms with Gasteiger partial charge in [-0.2, -0.15) is 5.10 Å². The summed E-state index contributed by atoms with van der Waals surface area (Å²) in [7, 11) is 0. The lowest BCUT2D eigenvalue weighted by Gasteiger charge is -2.07. The summed E-state index contributed by atoms with van der Waals surface area (Å²) in [5.41, 5.74) is 3.37. The molecule has 0 saturated carbocycles. The monoisotopic (exact) mass is 393 g/mol. The molecule has 0 aliphatic carbocycles. The second-order valence-electron chi connectivity index (χ2n) is 5.64. The number of para-hydroxylation sites is 1. The van der Waals surface area contributed by atoms with Gasteiger partial charge in [-0.3, -0.25) is 9.59 Å². The SMILES string of the molecule is O=C(NN=Cc1ccc(Cl)cc1)C(=O)Nc1ccc(Oc2ccccc2)cc1. The number of nitrogens with zero attached hydrogens (tertiary/aromatic N) is 1. The highest BCUT2D eigenvalue weighted by Crippen LogP contribution is 2.22. The Labute approximate surface area is 166 Å². The molecule has 0 bridgehead atoms. The Hall–Kier alpha value is -3.64. The zero-order valence-corrected chi connectivity index (χ0v) is 15.4. The predicted octanol–water partition coefficient (Wildman–Crippen LogP) is 4.22. The summed E-state index contributed by atoms with van der Waals surface area (Å²) >= 11 is 5.79. The van der Waals surface area contributed by atoms with Crippen LogP contribution < -0.4 is 15.5 Å². The van der Waals surface area contributed by atoms with Crippen LogP contribution >= 0.6 is 11.6 Å². The molecular formula is C21H16ClN3O3. The van der Waals surface area contributed by atoms with E-state index < -0.39 is 11.8 Å². The van der Waals surface area contributed by atoms with Crippen LogP contribution in [-0.4, -0.2) is 18.0 Å². The first-order valence-corrected chi connectivity index (χ1v) is 8.71. The maximum absolute atomic E-state index is 11.9. The topological polar surface area (TPSA) is 79.8 Å². The first-order valence-electron chi connectivity index (χ1n) is 8.33. The summed E-state index contributed by atoms with van der Waals surface area (Å²) in [6, 6.07) is 22.8. The van der Waals surface area contributed by atoms with Crippen molar-refractivity contribution in [2.75, 3.05) is 5.32 Å². The van der Waals surface area contributed by atoms with E-state index in [2.05, 4.69) is 15.8 Å². The van der Waals surface area contributed by atoms with Crippen molar-refractivity contribution in [2.24, 2.45) is 5.10 Å². The molecule has 6 nitrogen and oxygen atoms in total. The molecule has 0 aliphatic rings. The number of nitrogens with one attached hydrogen (secondary N) is 2. The van der Waals surface area contributed by atoms with Crippen LogP contribution in [0.4, 0.5) is 5.69 Å². The van der Waals surface area contributed by atoms with Crippen LogP contribution in [-0.2, 0) is 9.59 Å². The number of rotatable bonds is 5. The lowest BCUT2D eigenvalue weighted by molar-refractivity contribution is -0.136. The van der Waals surface area contributed by atoms with Crippen LogP contribution in [0.3, 0.4) is 0 Å². The zero-order valence-electron chi connectivity index (χ0n) is 14.6. The van der Waals surface area contributed by atoms with E-state index in [0.29, 0.717) is 22.2 Å². The minimum atomic E-state index is -0.880. The Bertz CT molecular complexity index is 972. The van der Waals surface area contributed by atoms with E-state index in [1.54, 1.807) is 48.5 Å². The Kier molecular flexibility index (Phi) is 6.38. The number of hydrazone groups is 1. The number of carbonyl (C=O) groups is 2. The lowest BCUT2D eigenvalue weighted by atomic mass is 10.2. The molecule has 0 saturated heterocycles. The Balaban J connectivity index is 1.50. The Morgan fingerprint density at radius 2 is 1.46 bits per heavy atom. The van der Waals surface area contributed by atoms with Crippen molar-refractivity contribution in [3.8, 4) is 11.5 Å². The van der Waals surface area contributed by atoms with Gasteiger partial charge in [-0.1, -0.05) is 41.9 Å². The van der Waals surface area contributed by atoms with Gasteiger partial charge in [-0.15, -0.1) is 0 Å². The van der Waals surface area contributed by atoms with E-state index in [0.717, 1.165) is 5.56 Å². The van der Waals surface area contributed by atoms with E-state index >= 15 is 0 Å². The average Bonchev–Trinajstić information content (AvgIpc) is 2.71. The van der Waals surface area contributed by atoms with Gasteiger partial charge in [0.2, 0.25) is 0 Å². The Morgan fingerprint density at radius 1 is 0.821 bits per heavy atom. The molecule has 0 atom stereocenters. The third-order valence-corrected chi connectivity index (χ3v) is 3.80. The molecular weight excluding hydrogens is 378 g/mol. The smallest absolute Gasteiger partial charge is 0.329 e. The number of ether oxygens (including phenoxy) is 1. The number of benzene rings is 3. The molecule has 0 heterocycles. The molecule has 3 rings (SSSR count). The molecule has 2 amide bonds. The largest absolute Gasteiger partial charge is 0.457 e. The van der Waals surface area contributed by atoms with Gasteiger partial charge < -0.3 is 10.1 Å². The molecule has 0 aliphatic heterocycles. The summed E-state index contributed by atoms with van der Waals surface area (Å²) in [5, 5.41) is 6.84. The zero-order chi connectivity index (χ0) is 19.8. The summed E-state index contributed by atoms with van der Waals surface area (Å²) in [6.45, 7) is 0. The quantitative estimate of drug-likeness (QED) is 0.387. The standard InChI is InChI=1S/C21H16ClN3O3/c22-16-8-6-15(7-9-16)14-23-25-21(27)20(26)24-17-10-12-19(13-11-17)28-18-4-2-1-3-5-18/h1-14H,(H,24,26)(H,25,27). The average molecular weight is 394 g/mol. The highest BCUT2D eigenvalue weighted by Gasteiger charge is 2.12. The first-order chi connectivity index (χ1) is 13.6. The van der Waals surface area contributed by atoms with Crippen molar-refractivity contribution in [3.05, 3.63) is 89.4 Å². The fraction of sp³-hybridized carbons (Fsp3) is 0. The molecule has 0 aromatic heterocycles. The minimum absolute atomic E-state index is 0.460. The van der Waals surface area contributed by atoms with Crippen molar-refractivity contribution in [3.63, 3.8) is 0 Å². The second-order valence-corrected chi connectivity index (χ2v) is 6.08. The van der Waals surface area contributed by atoms with Crippen molar-refractivity contribution >= 4 is 35.3 Å². The van der Waals surface area contributed by atoms with Crippen LogP contribution in [0, 0.1) is 0 Å². The normalized spacial score (nSPS) is 10.5. The summed E-state index contributed by atoms with van der Waals surface area (Å²) in [6.07, 6.45) is 1.41. The maximum atomic E-state index is 11.9. The molecule has 2 N–H and O–H groups in total. The molecule has 0 unspecified atom stereocenters. The van der Waals surface area contributed by atoms with Gasteiger partial charge in [0, 0.05) is 10.7 Å². The van der Waals surface area contributed by atoms with Crippen LogP contribution in [0.15, 0.2) is 84.0 Å². The molecule has 3 aromatic carbocycles. The molecule has 3 aromatic rings. The highest BCUT2D eigenvalue weighted by atomic mass is 35.5. The maximum Gasteiger partial charge on any atom is 0.329 e. The summed E-state index contributed by atoms with van der Waals surface area (Å²) in [4.78, 5) is 23.7. The van der Waals surface area contributed by atoms with E-state index in [1.807, 2.05) is 30.3 Å². The van der Waals surface area contributed by atoms with Crippen molar-refractivity contribution in [1.29, 1.82) is 0 Å². The lowest BCUT2D eigenvalue weighted by Crippen LogP contribution is -2.32. The van der Waals surface area contributed by atoms with Gasteiger partial charge in [0.1, 0.15) is 11.5 Å². The number of halogens is 1. The highest BCUT2D eigenvalue weighted by molar-refractivity contribution is 6.39. The molecule has 0 radical (unpaired) electrons. The van der Waals surface area contributed by atoms with Gasteiger partial charge in [0.15, 0.2) is 0 Å². The molecule has 7 heteroatoms. The number of amides is 2. The van der Waals surface area contributed by atoms with Crippen LogP contribution in [0.2, 0.25) is 5.02 Å². The second kappa shape index (κ2) is 9.34. The van der Waals surface area contributed by atoms with Gasteiger partial charge in [0.05, 0.1) is 6.21 Å². The number of carbonyl (C=O) groups excluding carboxylic acids is 2. The van der Waals surface area contributed by atoms with E-state index in [4.69, 9.17) is 16.3 Å². The Morgan fingerprint density at radius 3 is 2.14 bits per heavy atom. The van der Waals surface area contributed by atoms with Crippen molar-refractivity contribution in [2.45, 2.75) is 0 Å². The van der Waals surface area contributed by atoms with Crippen LogP contribution in [0.25, 0.3) is 0 Å². The summed E-state index contributed by atoms with van der Waals surface area (Å²) in [5.74, 6) is -0.391. The van der Waals surface area contributed by atoms with Gasteiger partial charge in [-0.05, 0) is 54.1 Å². The third-order valence-electron chi connectivity index (χ3n) is 3.55. The van der Waals surface area contributed by atoms with E-state index in [9.17, 15) is 9.59 Å². The van der Waals surface area contributed by atoms with E-state index in [1.165, 1.54) is 6.21 Å². The third kappa shape index (κ3) is 5.69. The minimum Gasteiger partial charge on any atom is -0.457 e. The van der Waals surface area contributed by atoms with Gasteiger partial charge >= 0.3 is 11.8 Å². The number of anilines is 1. The molecule has 28 heavy (non-hydrogen) atoms. The van der Waals surface area contributed by atoms with Crippen LogP contribution in [0.5, 0.6) is 11.5 Å². The summed E-state index contributed by atoms with van der Waals surface area (Å²) < 4.78 is 5.67. The van der Waals surface area contributed by atoms with Gasteiger partial charge in [-0.25, -0.2) is 5.43 Å². The number of hydrogen-bond donors (Lipinski definition) is 2. The molecule has 0 spiro atoms. The van der Waals surface area contributed by atoms with Crippen molar-refractivity contribution in [1.82, 2.24) is 5.43 Å². The fourth-order valence-corrected chi connectivity index (χ4v) is 2.31.